The number of carbonyl (C=O) groups excluding carboxylic acids is 1. The van der Waals surface area contributed by atoms with Gasteiger partial charge in [-0.2, -0.15) is 0 Å². The summed E-state index contributed by atoms with van der Waals surface area (Å²) in [5.41, 5.74) is -0.0945. The van der Waals surface area contributed by atoms with E-state index in [1.807, 2.05) is 0 Å². The molecule has 0 bridgehead atoms. The van der Waals surface area contributed by atoms with Gasteiger partial charge in [0, 0.05) is 31.5 Å². The number of anilines is 1. The first-order valence-corrected chi connectivity index (χ1v) is 7.80. The van der Waals surface area contributed by atoms with Crippen molar-refractivity contribution >= 4 is 23.5 Å². The van der Waals surface area contributed by atoms with E-state index in [1.54, 1.807) is 18.5 Å². The number of benzene rings is 1. The van der Waals surface area contributed by atoms with Crippen LogP contribution < -0.4 is 10.2 Å². The molecule has 0 spiro atoms. The normalized spacial score (nSPS) is 15.5. The number of amides is 1. The van der Waals surface area contributed by atoms with Gasteiger partial charge in [-0.15, -0.1) is 0 Å². The van der Waals surface area contributed by atoms with Gasteiger partial charge in [-0.1, -0.05) is 17.7 Å². The molecule has 2 heterocycles. The van der Waals surface area contributed by atoms with Crippen LogP contribution in [0.1, 0.15) is 23.2 Å². The maximum atomic E-state index is 13.8. The second-order valence-electron chi connectivity index (χ2n) is 5.38. The van der Waals surface area contributed by atoms with Crippen LogP contribution in [0.5, 0.6) is 0 Å². The van der Waals surface area contributed by atoms with E-state index in [2.05, 4.69) is 20.2 Å². The van der Waals surface area contributed by atoms with Gasteiger partial charge in [0.25, 0.3) is 5.91 Å². The highest BCUT2D eigenvalue weighted by atomic mass is 35.5. The van der Waals surface area contributed by atoms with Crippen LogP contribution >= 0.6 is 11.6 Å². The molecule has 23 heavy (non-hydrogen) atoms. The van der Waals surface area contributed by atoms with Crippen molar-refractivity contribution in [3.8, 4) is 0 Å². The van der Waals surface area contributed by atoms with E-state index in [0.29, 0.717) is 5.95 Å². The number of hydrogen-bond donors (Lipinski definition) is 1. The molecular weight excluding hydrogens is 319 g/mol. The Balaban J connectivity index is 1.60. The SMILES string of the molecule is O=C(NC1CCN(c2ncccn2)CC1)c1c(F)cccc1Cl. The molecule has 120 valence electrons. The van der Waals surface area contributed by atoms with Gasteiger partial charge in [0.1, 0.15) is 5.82 Å². The van der Waals surface area contributed by atoms with E-state index < -0.39 is 11.7 Å². The first kappa shape index (κ1) is 15.7. The number of aromatic nitrogens is 2. The third-order valence-corrected chi connectivity index (χ3v) is 4.17. The monoisotopic (exact) mass is 334 g/mol. The molecule has 5 nitrogen and oxygen atoms in total. The van der Waals surface area contributed by atoms with E-state index in [-0.39, 0.29) is 16.6 Å². The molecule has 1 aliphatic heterocycles. The van der Waals surface area contributed by atoms with Gasteiger partial charge in [0.15, 0.2) is 0 Å². The molecule has 0 atom stereocenters. The fourth-order valence-corrected chi connectivity index (χ4v) is 2.90. The second-order valence-corrected chi connectivity index (χ2v) is 5.79. The number of halogens is 2. The molecule has 0 radical (unpaired) electrons. The van der Waals surface area contributed by atoms with Crippen LogP contribution in [-0.2, 0) is 0 Å². The summed E-state index contributed by atoms with van der Waals surface area (Å²) in [6.07, 6.45) is 4.90. The highest BCUT2D eigenvalue weighted by molar-refractivity contribution is 6.33. The molecule has 1 N–H and O–H groups in total. The fourth-order valence-electron chi connectivity index (χ4n) is 2.65. The number of nitrogens with one attached hydrogen (secondary N) is 1. The minimum absolute atomic E-state index is 0.0156. The molecule has 0 unspecified atom stereocenters. The van der Waals surface area contributed by atoms with Gasteiger partial charge >= 0.3 is 0 Å². The Kier molecular flexibility index (Phi) is 4.71. The van der Waals surface area contributed by atoms with Crippen LogP contribution in [0.25, 0.3) is 0 Å². The maximum Gasteiger partial charge on any atom is 0.255 e. The van der Waals surface area contributed by atoms with Crippen molar-refractivity contribution in [1.82, 2.24) is 15.3 Å². The lowest BCUT2D eigenvalue weighted by Gasteiger charge is -2.32. The summed E-state index contributed by atoms with van der Waals surface area (Å²) in [7, 11) is 0. The quantitative estimate of drug-likeness (QED) is 0.937. The summed E-state index contributed by atoms with van der Waals surface area (Å²) in [4.78, 5) is 22.7. The predicted octanol–water partition coefficient (Wildman–Crippen LogP) is 2.67. The zero-order chi connectivity index (χ0) is 16.2. The third-order valence-electron chi connectivity index (χ3n) is 3.85. The Bertz CT molecular complexity index is 669. The molecule has 0 aliphatic carbocycles. The summed E-state index contributed by atoms with van der Waals surface area (Å²) < 4.78 is 13.8. The number of hydrogen-bond acceptors (Lipinski definition) is 4. The molecule has 1 saturated heterocycles. The van der Waals surface area contributed by atoms with Crippen molar-refractivity contribution in [2.75, 3.05) is 18.0 Å². The highest BCUT2D eigenvalue weighted by Crippen LogP contribution is 2.20. The Morgan fingerprint density at radius 2 is 1.91 bits per heavy atom. The topological polar surface area (TPSA) is 58.1 Å². The standard InChI is InChI=1S/C16H16ClFN4O/c17-12-3-1-4-13(18)14(12)15(23)21-11-5-9-22(10-6-11)16-19-7-2-8-20-16/h1-4,7-8,11H,5-6,9-10H2,(H,21,23). The van der Waals surface area contributed by atoms with Crippen LogP contribution in [0.4, 0.5) is 10.3 Å². The van der Waals surface area contributed by atoms with E-state index in [4.69, 9.17) is 11.6 Å². The van der Waals surface area contributed by atoms with E-state index in [1.165, 1.54) is 18.2 Å². The fraction of sp³-hybridized carbons (Fsp3) is 0.312. The predicted molar refractivity (Wildman–Crippen MR) is 86.1 cm³/mol. The van der Waals surface area contributed by atoms with E-state index in [9.17, 15) is 9.18 Å². The molecule has 2 aromatic rings. The van der Waals surface area contributed by atoms with Gasteiger partial charge in [-0.3, -0.25) is 4.79 Å². The maximum absolute atomic E-state index is 13.8. The average Bonchev–Trinajstić information content (AvgIpc) is 2.56. The van der Waals surface area contributed by atoms with Crippen LogP contribution in [0.3, 0.4) is 0 Å². The third kappa shape index (κ3) is 3.59. The first-order valence-electron chi connectivity index (χ1n) is 7.42. The van der Waals surface area contributed by atoms with Crippen molar-refractivity contribution < 1.29 is 9.18 Å². The lowest BCUT2D eigenvalue weighted by molar-refractivity contribution is 0.0927. The highest BCUT2D eigenvalue weighted by Gasteiger charge is 2.24. The first-order chi connectivity index (χ1) is 11.1. The lowest BCUT2D eigenvalue weighted by atomic mass is 10.0. The van der Waals surface area contributed by atoms with Gasteiger partial charge in [-0.25, -0.2) is 14.4 Å². The number of nitrogens with zero attached hydrogens (tertiary/aromatic N) is 3. The lowest BCUT2D eigenvalue weighted by Crippen LogP contribution is -2.45. The molecule has 1 fully saturated rings. The van der Waals surface area contributed by atoms with Gasteiger partial charge in [0.05, 0.1) is 10.6 Å². The molecule has 7 heteroatoms. The average molecular weight is 335 g/mol. The van der Waals surface area contributed by atoms with Gasteiger partial charge < -0.3 is 10.2 Å². The van der Waals surface area contributed by atoms with Crippen molar-refractivity contribution in [3.05, 3.63) is 53.1 Å². The van der Waals surface area contributed by atoms with Crippen molar-refractivity contribution in [2.45, 2.75) is 18.9 Å². The Morgan fingerprint density at radius 3 is 2.57 bits per heavy atom. The zero-order valence-electron chi connectivity index (χ0n) is 12.4. The summed E-state index contributed by atoms with van der Waals surface area (Å²) in [5.74, 6) is -0.387. The van der Waals surface area contributed by atoms with Crippen LogP contribution in [0.2, 0.25) is 5.02 Å². The molecule has 3 rings (SSSR count). The molecule has 1 aromatic heterocycles. The smallest absolute Gasteiger partial charge is 0.255 e. The van der Waals surface area contributed by atoms with E-state index >= 15 is 0 Å². The second kappa shape index (κ2) is 6.91. The summed E-state index contributed by atoms with van der Waals surface area (Å²) in [6, 6.07) is 5.98. The van der Waals surface area contributed by atoms with Gasteiger partial charge in [0.2, 0.25) is 5.95 Å². The minimum atomic E-state index is -0.606. The van der Waals surface area contributed by atoms with Crippen molar-refractivity contribution in [2.24, 2.45) is 0 Å². The minimum Gasteiger partial charge on any atom is -0.349 e. The largest absolute Gasteiger partial charge is 0.349 e. The molecule has 1 aliphatic rings. The summed E-state index contributed by atoms with van der Waals surface area (Å²) in [6.45, 7) is 1.47. The zero-order valence-corrected chi connectivity index (χ0v) is 13.1. The van der Waals surface area contributed by atoms with Crippen molar-refractivity contribution in [3.63, 3.8) is 0 Å². The molecular formula is C16H16ClFN4O. The number of piperidine rings is 1. The summed E-state index contributed by atoms with van der Waals surface area (Å²) in [5, 5.41) is 2.98. The number of rotatable bonds is 3. The molecule has 1 aromatic carbocycles. The van der Waals surface area contributed by atoms with E-state index in [0.717, 1.165) is 25.9 Å². The summed E-state index contributed by atoms with van der Waals surface area (Å²) >= 11 is 5.92. The Morgan fingerprint density at radius 1 is 1.22 bits per heavy atom. The molecule has 1 amide bonds. The van der Waals surface area contributed by atoms with Gasteiger partial charge in [-0.05, 0) is 31.0 Å². The molecule has 0 saturated carbocycles. The Hall–Kier alpha value is -2.21. The number of carbonyl (C=O) groups is 1. The Labute approximate surface area is 138 Å². The van der Waals surface area contributed by atoms with Crippen LogP contribution in [0, 0.1) is 5.82 Å². The van der Waals surface area contributed by atoms with Crippen LogP contribution in [-0.4, -0.2) is 35.0 Å². The van der Waals surface area contributed by atoms with Crippen LogP contribution in [0.15, 0.2) is 36.7 Å². The van der Waals surface area contributed by atoms with Crippen molar-refractivity contribution in [1.29, 1.82) is 0 Å².